The Morgan fingerprint density at radius 1 is 1.70 bits per heavy atom. The zero-order valence-electron chi connectivity index (χ0n) is 5.83. The molecule has 0 spiro atoms. The van der Waals surface area contributed by atoms with Crippen molar-refractivity contribution in [1.82, 2.24) is 0 Å². The van der Waals surface area contributed by atoms with Crippen molar-refractivity contribution in [2.24, 2.45) is 0 Å². The second kappa shape index (κ2) is 2.62. The highest BCUT2D eigenvalue weighted by atomic mass is 32.2. The van der Waals surface area contributed by atoms with Gasteiger partial charge in [-0.1, -0.05) is 0 Å². The summed E-state index contributed by atoms with van der Waals surface area (Å²) in [6.45, 7) is 2.38. The van der Waals surface area contributed by atoms with Crippen molar-refractivity contribution in [2.75, 3.05) is 12.4 Å². The SMILES string of the molecule is CCOC1=CS(=O)(=O)CC1. The lowest BCUT2D eigenvalue weighted by atomic mass is 10.4. The third-order valence-corrected chi connectivity index (χ3v) is 2.67. The summed E-state index contributed by atoms with van der Waals surface area (Å²) < 4.78 is 26.5. The van der Waals surface area contributed by atoms with E-state index in [2.05, 4.69) is 0 Å². The highest BCUT2D eigenvalue weighted by Crippen LogP contribution is 2.16. The van der Waals surface area contributed by atoms with E-state index in [1.54, 1.807) is 0 Å². The molecule has 0 fully saturated rings. The molecular formula is C6H10O3S. The number of rotatable bonds is 2. The molecule has 0 saturated carbocycles. The maximum atomic E-state index is 10.8. The first-order chi connectivity index (χ1) is 4.64. The molecule has 0 aromatic rings. The quantitative estimate of drug-likeness (QED) is 0.599. The van der Waals surface area contributed by atoms with E-state index in [1.165, 1.54) is 5.41 Å². The van der Waals surface area contributed by atoms with Gasteiger partial charge < -0.3 is 4.74 Å². The van der Waals surface area contributed by atoms with Crippen LogP contribution < -0.4 is 0 Å². The van der Waals surface area contributed by atoms with Crippen LogP contribution in [0.25, 0.3) is 0 Å². The Hall–Kier alpha value is -0.510. The van der Waals surface area contributed by atoms with Crippen LogP contribution in [0.1, 0.15) is 13.3 Å². The molecule has 0 unspecified atom stereocenters. The van der Waals surface area contributed by atoms with Crippen LogP contribution in [-0.4, -0.2) is 20.8 Å². The molecule has 10 heavy (non-hydrogen) atoms. The van der Waals surface area contributed by atoms with Crippen molar-refractivity contribution >= 4 is 9.84 Å². The first kappa shape index (κ1) is 7.60. The van der Waals surface area contributed by atoms with Gasteiger partial charge >= 0.3 is 0 Å². The molecule has 3 nitrogen and oxygen atoms in total. The predicted molar refractivity (Wildman–Crippen MR) is 38.1 cm³/mol. The number of hydrogen-bond acceptors (Lipinski definition) is 3. The van der Waals surface area contributed by atoms with Crippen molar-refractivity contribution < 1.29 is 13.2 Å². The molecule has 0 N–H and O–H groups in total. The Kier molecular flexibility index (Phi) is 1.99. The molecule has 0 aliphatic carbocycles. The van der Waals surface area contributed by atoms with Gasteiger partial charge in [-0.05, 0) is 6.92 Å². The van der Waals surface area contributed by atoms with Gasteiger partial charge in [0.25, 0.3) is 0 Å². The van der Waals surface area contributed by atoms with Gasteiger partial charge in [0.1, 0.15) is 5.76 Å². The van der Waals surface area contributed by atoms with Gasteiger partial charge in [-0.2, -0.15) is 0 Å². The van der Waals surface area contributed by atoms with Crippen LogP contribution >= 0.6 is 0 Å². The van der Waals surface area contributed by atoms with Crippen molar-refractivity contribution in [2.45, 2.75) is 13.3 Å². The van der Waals surface area contributed by atoms with E-state index < -0.39 is 9.84 Å². The number of ether oxygens (including phenoxy) is 1. The van der Waals surface area contributed by atoms with Gasteiger partial charge in [-0.15, -0.1) is 0 Å². The molecule has 0 aromatic heterocycles. The van der Waals surface area contributed by atoms with Crippen LogP contribution in [-0.2, 0) is 14.6 Å². The molecule has 0 bridgehead atoms. The Morgan fingerprint density at radius 2 is 2.40 bits per heavy atom. The van der Waals surface area contributed by atoms with E-state index in [1.807, 2.05) is 6.92 Å². The monoisotopic (exact) mass is 162 g/mol. The normalized spacial score (nSPS) is 22.3. The van der Waals surface area contributed by atoms with E-state index in [9.17, 15) is 8.42 Å². The molecule has 0 amide bonds. The molecule has 1 heterocycles. The van der Waals surface area contributed by atoms with E-state index in [0.29, 0.717) is 18.8 Å². The average Bonchev–Trinajstić information content (AvgIpc) is 2.12. The minimum atomic E-state index is -2.90. The molecule has 0 atom stereocenters. The van der Waals surface area contributed by atoms with E-state index >= 15 is 0 Å². The highest BCUT2D eigenvalue weighted by molar-refractivity contribution is 7.94. The maximum absolute atomic E-state index is 10.8. The summed E-state index contributed by atoms with van der Waals surface area (Å²) in [5.74, 6) is 0.810. The third kappa shape index (κ3) is 1.73. The highest BCUT2D eigenvalue weighted by Gasteiger charge is 2.18. The van der Waals surface area contributed by atoms with E-state index in [-0.39, 0.29) is 5.75 Å². The molecule has 1 rings (SSSR count). The van der Waals surface area contributed by atoms with Crippen molar-refractivity contribution in [3.63, 3.8) is 0 Å². The van der Waals surface area contributed by atoms with Crippen molar-refractivity contribution in [3.05, 3.63) is 11.2 Å². The summed E-state index contributed by atoms with van der Waals surface area (Å²) in [6.07, 6.45) is 0.538. The summed E-state index contributed by atoms with van der Waals surface area (Å²) >= 11 is 0. The second-order valence-corrected chi connectivity index (χ2v) is 4.10. The van der Waals surface area contributed by atoms with Crippen molar-refractivity contribution in [3.8, 4) is 0 Å². The van der Waals surface area contributed by atoms with E-state index in [0.717, 1.165) is 0 Å². The van der Waals surface area contributed by atoms with E-state index in [4.69, 9.17) is 4.74 Å². The summed E-state index contributed by atoms with van der Waals surface area (Å²) in [6, 6.07) is 0. The minimum Gasteiger partial charge on any atom is -0.497 e. The number of hydrogen-bond donors (Lipinski definition) is 0. The fraction of sp³-hybridized carbons (Fsp3) is 0.667. The fourth-order valence-electron chi connectivity index (χ4n) is 0.853. The van der Waals surface area contributed by atoms with Gasteiger partial charge in [0.05, 0.1) is 17.8 Å². The molecule has 4 heteroatoms. The summed E-state index contributed by atoms with van der Waals surface area (Å²) in [5, 5.41) is 1.22. The standard InChI is InChI=1S/C6H10O3S/c1-2-9-6-3-4-10(7,8)5-6/h5H,2-4H2,1H3. The summed E-state index contributed by atoms with van der Waals surface area (Å²) in [5.41, 5.74) is 0. The molecule has 58 valence electrons. The summed E-state index contributed by atoms with van der Waals surface area (Å²) in [4.78, 5) is 0. The molecule has 0 aromatic carbocycles. The van der Waals surface area contributed by atoms with Gasteiger partial charge in [0.2, 0.25) is 0 Å². The fourth-order valence-corrected chi connectivity index (χ4v) is 2.04. The topological polar surface area (TPSA) is 43.4 Å². The summed E-state index contributed by atoms with van der Waals surface area (Å²) in [7, 11) is -2.90. The molecule has 1 aliphatic heterocycles. The van der Waals surface area contributed by atoms with Crippen LogP contribution in [0.5, 0.6) is 0 Å². The lowest BCUT2D eigenvalue weighted by Gasteiger charge is -1.98. The van der Waals surface area contributed by atoms with Crippen LogP contribution in [0, 0.1) is 0 Å². The molecular weight excluding hydrogens is 152 g/mol. The first-order valence-electron chi connectivity index (χ1n) is 3.20. The Balaban J connectivity index is 2.67. The number of allylic oxidation sites excluding steroid dienone is 1. The minimum absolute atomic E-state index is 0.211. The first-order valence-corrected chi connectivity index (χ1v) is 4.92. The molecule has 1 aliphatic rings. The number of sulfone groups is 1. The lowest BCUT2D eigenvalue weighted by molar-refractivity contribution is 0.224. The van der Waals surface area contributed by atoms with Gasteiger partial charge in [-0.3, -0.25) is 0 Å². The Labute approximate surface area is 60.6 Å². The van der Waals surface area contributed by atoms with Crippen LogP contribution in [0.15, 0.2) is 11.2 Å². The molecule has 0 saturated heterocycles. The average molecular weight is 162 g/mol. The van der Waals surface area contributed by atoms with Gasteiger partial charge in [-0.25, -0.2) is 8.42 Å². The van der Waals surface area contributed by atoms with Gasteiger partial charge in [0.15, 0.2) is 9.84 Å². The molecule has 0 radical (unpaired) electrons. The second-order valence-electron chi connectivity index (χ2n) is 2.13. The van der Waals surface area contributed by atoms with Gasteiger partial charge in [0, 0.05) is 6.42 Å². The zero-order valence-corrected chi connectivity index (χ0v) is 6.65. The lowest BCUT2D eigenvalue weighted by Crippen LogP contribution is -1.93. The Morgan fingerprint density at radius 3 is 2.80 bits per heavy atom. The largest absolute Gasteiger partial charge is 0.497 e. The third-order valence-electron chi connectivity index (χ3n) is 1.27. The van der Waals surface area contributed by atoms with Crippen molar-refractivity contribution in [1.29, 1.82) is 0 Å². The Bertz CT molecular complexity index is 238. The zero-order chi connectivity index (χ0) is 7.61. The smallest absolute Gasteiger partial charge is 0.175 e. The van der Waals surface area contributed by atoms with Crippen LogP contribution in [0.3, 0.4) is 0 Å². The van der Waals surface area contributed by atoms with Crippen LogP contribution in [0.2, 0.25) is 0 Å². The predicted octanol–water partition coefficient (Wildman–Crippen LogP) is 0.683. The maximum Gasteiger partial charge on any atom is 0.175 e. The van der Waals surface area contributed by atoms with Crippen LogP contribution in [0.4, 0.5) is 0 Å².